The van der Waals surface area contributed by atoms with Crippen LogP contribution in [0.25, 0.3) is 11.3 Å². The summed E-state index contributed by atoms with van der Waals surface area (Å²) in [4.78, 5) is 96.9. The summed E-state index contributed by atoms with van der Waals surface area (Å²) in [6.45, 7) is 8.66. The van der Waals surface area contributed by atoms with Crippen LogP contribution in [0.5, 0.6) is 11.5 Å². The van der Waals surface area contributed by atoms with E-state index in [9.17, 15) is 33.6 Å². The molecule has 0 fully saturated rings. The predicted molar refractivity (Wildman–Crippen MR) is 272 cm³/mol. The number of unbranched alkanes of at least 4 members (excludes halogenated alkanes) is 2. The Balaban J connectivity index is 1.12. The summed E-state index contributed by atoms with van der Waals surface area (Å²) in [5.41, 5.74) is 2.53. The maximum Gasteiger partial charge on any atom is 0.363 e. The molecular weight excluding hydrogens is 953 g/mol. The molecule has 0 aliphatic rings. The molecule has 4 amide bonds. The molecule has 0 saturated heterocycles. The summed E-state index contributed by atoms with van der Waals surface area (Å²) in [5.74, 6) is -3.64. The average Bonchev–Trinajstić information content (AvgIpc) is 3.92. The normalized spacial score (nSPS) is 12.1. The van der Waals surface area contributed by atoms with E-state index >= 15 is 0 Å². The fraction of sp³-hybridized carbons (Fsp3) is 0.375. The van der Waals surface area contributed by atoms with Gasteiger partial charge in [0.15, 0.2) is 5.76 Å². The van der Waals surface area contributed by atoms with Crippen LogP contribution in [-0.4, -0.2) is 98.7 Å². The molecule has 0 aliphatic carbocycles. The third kappa shape index (κ3) is 18.3. The van der Waals surface area contributed by atoms with Crippen molar-refractivity contribution in [2.24, 2.45) is 5.92 Å². The molecule has 1 aromatic heterocycles. The molecule has 18 heteroatoms. The lowest BCUT2D eigenvalue weighted by Crippen LogP contribution is -2.49. The molecular formula is C56H66N4O14. The summed E-state index contributed by atoms with van der Waals surface area (Å²) >= 11 is 0. The monoisotopic (exact) mass is 1020 g/mol. The maximum atomic E-state index is 13.8. The van der Waals surface area contributed by atoms with Crippen molar-refractivity contribution in [3.05, 3.63) is 143 Å². The number of ketones is 1. The van der Waals surface area contributed by atoms with Crippen molar-refractivity contribution < 1.29 is 66.5 Å². The molecule has 0 radical (unpaired) electrons. The van der Waals surface area contributed by atoms with E-state index in [0.29, 0.717) is 57.0 Å². The average molecular weight is 1020 g/mol. The van der Waals surface area contributed by atoms with Crippen molar-refractivity contribution in [3.8, 4) is 22.8 Å². The van der Waals surface area contributed by atoms with E-state index in [1.807, 2.05) is 43.3 Å². The number of furan rings is 1. The Morgan fingerprint density at radius 2 is 1.41 bits per heavy atom. The number of carbonyl (C=O) groups excluding carboxylic acids is 7. The summed E-state index contributed by atoms with van der Waals surface area (Å²) in [6.07, 6.45) is 3.09. The summed E-state index contributed by atoms with van der Waals surface area (Å²) in [7, 11) is 0. The number of rotatable bonds is 33. The number of hydrogen-bond acceptors (Lipinski definition) is 14. The lowest BCUT2D eigenvalue weighted by molar-refractivity contribution is -0.171. The highest BCUT2D eigenvalue weighted by atomic mass is 16.7. The largest absolute Gasteiger partial charge is 0.493 e. The number of esters is 1. The quantitative estimate of drug-likeness (QED) is 0.0120. The number of amides is 4. The molecule has 3 atom stereocenters. The van der Waals surface area contributed by atoms with Crippen LogP contribution in [0.4, 0.5) is 0 Å². The van der Waals surface area contributed by atoms with Crippen LogP contribution < -0.4 is 25.4 Å². The summed E-state index contributed by atoms with van der Waals surface area (Å²) in [5, 5.41) is 8.83. The Hall–Kier alpha value is -7.83. The van der Waals surface area contributed by atoms with Crippen LogP contribution in [0, 0.1) is 5.92 Å². The molecule has 0 unspecified atom stereocenters. The molecule has 1 heterocycles. The highest BCUT2D eigenvalue weighted by Crippen LogP contribution is 2.30. The van der Waals surface area contributed by atoms with E-state index in [-0.39, 0.29) is 73.5 Å². The standard InChI is InChI=1S/C56H66N4O14/c1-5-8-11-20-45(48(6-2)60(38-61)74-55(66)42-21-24-44(25-22-42)71-32-31-68-29-30-69-35-40-16-12-9-13-17-40)52(63)57-37-58-54(65)50-28-27-49(73-50)43-23-26-46(51(34-43)70-7-3)53(64)59-47(33-39(4)62)56(67)72-36-41-18-14-10-15-19-41/h9-10,12-19,21-28,34,38,45,47-48H,5-8,11,20,29-33,35-37H2,1-4H3,(H,57,63)(H,58,65)(H,59,64)/t45-,47+,48-/m1/s1. The molecule has 74 heavy (non-hydrogen) atoms. The van der Waals surface area contributed by atoms with Crippen molar-refractivity contribution >= 4 is 41.9 Å². The number of benzene rings is 4. The molecule has 18 nitrogen and oxygen atoms in total. The predicted octanol–water partition coefficient (Wildman–Crippen LogP) is 7.79. The fourth-order valence-electron chi connectivity index (χ4n) is 7.69. The molecule has 0 spiro atoms. The van der Waals surface area contributed by atoms with Gasteiger partial charge >= 0.3 is 11.9 Å². The molecule has 5 aromatic rings. The lowest BCUT2D eigenvalue weighted by Gasteiger charge is -2.31. The zero-order chi connectivity index (χ0) is 53.1. The minimum Gasteiger partial charge on any atom is -0.493 e. The van der Waals surface area contributed by atoms with Gasteiger partial charge in [-0.05, 0) is 86.3 Å². The van der Waals surface area contributed by atoms with Crippen molar-refractivity contribution in [1.29, 1.82) is 0 Å². The van der Waals surface area contributed by atoms with Crippen molar-refractivity contribution in [1.82, 2.24) is 21.0 Å². The fourth-order valence-corrected chi connectivity index (χ4v) is 7.69. The first-order valence-electron chi connectivity index (χ1n) is 24.8. The first kappa shape index (κ1) is 57.1. The highest BCUT2D eigenvalue weighted by molar-refractivity contribution is 6.00. The summed E-state index contributed by atoms with van der Waals surface area (Å²) in [6, 6.07) is 30.6. The van der Waals surface area contributed by atoms with Crippen molar-refractivity contribution in [2.45, 2.75) is 91.5 Å². The Kier molecular flexibility index (Phi) is 23.8. The Bertz CT molecular complexity index is 2570. The van der Waals surface area contributed by atoms with Crippen LogP contribution in [-0.2, 0) is 51.4 Å². The second-order valence-corrected chi connectivity index (χ2v) is 17.0. The van der Waals surface area contributed by atoms with Gasteiger partial charge in [0.1, 0.15) is 42.3 Å². The number of ether oxygens (including phenoxy) is 5. The topological polar surface area (TPSA) is 227 Å². The molecule has 3 N–H and O–H groups in total. The zero-order valence-corrected chi connectivity index (χ0v) is 42.3. The highest BCUT2D eigenvalue weighted by Gasteiger charge is 2.34. The van der Waals surface area contributed by atoms with Gasteiger partial charge in [-0.15, -0.1) is 0 Å². The van der Waals surface area contributed by atoms with Crippen LogP contribution in [0.3, 0.4) is 0 Å². The molecule has 0 saturated carbocycles. The van der Waals surface area contributed by atoms with E-state index in [4.69, 9.17) is 32.9 Å². The molecule has 5 rings (SSSR count). The minimum atomic E-state index is -1.25. The van der Waals surface area contributed by atoms with Gasteiger partial charge < -0.3 is 48.9 Å². The molecule has 4 aromatic carbocycles. The van der Waals surface area contributed by atoms with E-state index in [0.717, 1.165) is 29.0 Å². The number of carbonyl (C=O) groups is 7. The SMILES string of the molecule is CCCCC[C@@H](C(=O)NCNC(=O)c1ccc(-c2ccc(C(=O)N[C@@H](CC(C)=O)C(=O)OCc3ccccc3)c(OCC)c2)o1)[C@@H](CC)N(C=O)OC(=O)c1ccc(OCCOCCOCc2ccccc2)cc1. The maximum absolute atomic E-state index is 13.8. The first-order chi connectivity index (χ1) is 35.9. The van der Waals surface area contributed by atoms with E-state index < -0.39 is 47.7 Å². The van der Waals surface area contributed by atoms with Gasteiger partial charge in [-0.3, -0.25) is 24.0 Å². The van der Waals surface area contributed by atoms with Gasteiger partial charge in [-0.2, -0.15) is 5.06 Å². The van der Waals surface area contributed by atoms with Crippen molar-refractivity contribution in [2.75, 3.05) is 39.7 Å². The minimum absolute atomic E-state index is 0.0388. The van der Waals surface area contributed by atoms with Crippen molar-refractivity contribution in [3.63, 3.8) is 0 Å². The third-order valence-electron chi connectivity index (χ3n) is 11.5. The van der Waals surface area contributed by atoms with Crippen LogP contribution in [0.1, 0.15) is 109 Å². The van der Waals surface area contributed by atoms with Crippen LogP contribution in [0.15, 0.2) is 120 Å². The van der Waals surface area contributed by atoms with Gasteiger partial charge in [0.05, 0.1) is 62.8 Å². The Labute approximate surface area is 431 Å². The lowest BCUT2D eigenvalue weighted by atomic mass is 9.90. The Morgan fingerprint density at radius 1 is 0.716 bits per heavy atom. The summed E-state index contributed by atoms with van der Waals surface area (Å²) < 4.78 is 34.0. The second-order valence-electron chi connectivity index (χ2n) is 17.0. The number of nitrogens with zero attached hydrogens (tertiary/aromatic N) is 1. The Morgan fingerprint density at radius 3 is 2.07 bits per heavy atom. The van der Waals surface area contributed by atoms with Crippen LogP contribution in [0.2, 0.25) is 0 Å². The number of hydrogen-bond donors (Lipinski definition) is 3. The first-order valence-corrected chi connectivity index (χ1v) is 24.8. The molecule has 0 bridgehead atoms. The van der Waals surface area contributed by atoms with E-state index in [1.54, 1.807) is 68.4 Å². The van der Waals surface area contributed by atoms with Gasteiger partial charge in [-0.25, -0.2) is 9.59 Å². The van der Waals surface area contributed by atoms with E-state index in [2.05, 4.69) is 16.0 Å². The molecule has 394 valence electrons. The van der Waals surface area contributed by atoms with Gasteiger partial charge in [0.25, 0.3) is 11.8 Å². The number of hydroxylamine groups is 2. The number of nitrogens with one attached hydrogen (secondary N) is 3. The molecule has 0 aliphatic heterocycles. The third-order valence-corrected chi connectivity index (χ3v) is 11.5. The van der Waals surface area contributed by atoms with E-state index in [1.165, 1.54) is 31.2 Å². The zero-order valence-electron chi connectivity index (χ0n) is 42.3. The van der Waals surface area contributed by atoms with Crippen LogP contribution >= 0.6 is 0 Å². The van der Waals surface area contributed by atoms with Gasteiger partial charge in [0, 0.05) is 12.0 Å². The number of Topliss-reactive ketones (excluding diaryl/α,β-unsaturated/α-hetero) is 1. The van der Waals surface area contributed by atoms with Gasteiger partial charge in [0.2, 0.25) is 12.3 Å². The second kappa shape index (κ2) is 30.9. The smallest absolute Gasteiger partial charge is 0.363 e. The van der Waals surface area contributed by atoms with Gasteiger partial charge in [-0.1, -0.05) is 99.8 Å².